The van der Waals surface area contributed by atoms with E-state index in [0.29, 0.717) is 6.61 Å². The molecule has 0 atom stereocenters. The van der Waals surface area contributed by atoms with E-state index in [1.165, 1.54) is 0 Å². The normalized spacial score (nSPS) is 10.6. The SMILES string of the molecule is CCNCc1nc(C)ccc1OCc1nccs1. The first-order valence-corrected chi connectivity index (χ1v) is 6.86. The molecule has 0 aliphatic carbocycles. The third-order valence-electron chi connectivity index (χ3n) is 2.45. The summed E-state index contributed by atoms with van der Waals surface area (Å²) in [6.45, 7) is 6.21. The van der Waals surface area contributed by atoms with Gasteiger partial charge in [0.05, 0.1) is 5.69 Å². The molecule has 2 heterocycles. The lowest BCUT2D eigenvalue weighted by Gasteiger charge is -2.10. The largest absolute Gasteiger partial charge is 0.484 e. The Morgan fingerprint density at radius 2 is 2.28 bits per heavy atom. The van der Waals surface area contributed by atoms with Gasteiger partial charge in [0.1, 0.15) is 17.4 Å². The highest BCUT2D eigenvalue weighted by Gasteiger charge is 2.06. The highest BCUT2D eigenvalue weighted by molar-refractivity contribution is 7.09. The summed E-state index contributed by atoms with van der Waals surface area (Å²) in [5, 5.41) is 6.20. The zero-order valence-corrected chi connectivity index (χ0v) is 11.5. The zero-order valence-electron chi connectivity index (χ0n) is 10.6. The first kappa shape index (κ1) is 13.0. The molecule has 5 heteroatoms. The zero-order chi connectivity index (χ0) is 12.8. The Kier molecular flexibility index (Phi) is 4.66. The van der Waals surface area contributed by atoms with Gasteiger partial charge in [-0.25, -0.2) is 4.98 Å². The van der Waals surface area contributed by atoms with Crippen molar-refractivity contribution in [2.75, 3.05) is 6.54 Å². The molecule has 0 aliphatic heterocycles. The fourth-order valence-corrected chi connectivity index (χ4v) is 2.09. The summed E-state index contributed by atoms with van der Waals surface area (Å²) >= 11 is 1.60. The molecule has 2 aromatic heterocycles. The van der Waals surface area contributed by atoms with Crippen LogP contribution < -0.4 is 10.1 Å². The summed E-state index contributed by atoms with van der Waals surface area (Å²) in [5.41, 5.74) is 1.96. The summed E-state index contributed by atoms with van der Waals surface area (Å²) in [7, 11) is 0. The number of pyridine rings is 1. The number of thiazole rings is 1. The van der Waals surface area contributed by atoms with E-state index in [-0.39, 0.29) is 0 Å². The van der Waals surface area contributed by atoms with E-state index >= 15 is 0 Å². The monoisotopic (exact) mass is 263 g/mol. The average molecular weight is 263 g/mol. The molecule has 0 unspecified atom stereocenters. The number of hydrogen-bond donors (Lipinski definition) is 1. The van der Waals surface area contributed by atoms with E-state index < -0.39 is 0 Å². The predicted octanol–water partition coefficient (Wildman–Crippen LogP) is 2.54. The van der Waals surface area contributed by atoms with Gasteiger partial charge in [-0.2, -0.15) is 0 Å². The van der Waals surface area contributed by atoms with Gasteiger partial charge < -0.3 is 10.1 Å². The highest BCUT2D eigenvalue weighted by Crippen LogP contribution is 2.19. The minimum Gasteiger partial charge on any atom is -0.484 e. The Bertz CT molecular complexity index is 485. The summed E-state index contributed by atoms with van der Waals surface area (Å²) in [6, 6.07) is 3.94. The quantitative estimate of drug-likeness (QED) is 0.870. The molecule has 0 aromatic carbocycles. The van der Waals surface area contributed by atoms with Crippen LogP contribution in [0.4, 0.5) is 0 Å². The summed E-state index contributed by atoms with van der Waals surface area (Å²) in [5.74, 6) is 0.830. The Hall–Kier alpha value is -1.46. The second kappa shape index (κ2) is 6.47. The van der Waals surface area contributed by atoms with Crippen molar-refractivity contribution in [3.05, 3.63) is 40.1 Å². The van der Waals surface area contributed by atoms with Crippen molar-refractivity contribution in [1.82, 2.24) is 15.3 Å². The Morgan fingerprint density at radius 3 is 3.00 bits per heavy atom. The highest BCUT2D eigenvalue weighted by atomic mass is 32.1. The fraction of sp³-hybridized carbons (Fsp3) is 0.385. The minimum absolute atomic E-state index is 0.502. The van der Waals surface area contributed by atoms with Crippen LogP contribution in [0.5, 0.6) is 5.75 Å². The maximum absolute atomic E-state index is 5.78. The van der Waals surface area contributed by atoms with Gasteiger partial charge in [0, 0.05) is 23.8 Å². The number of nitrogens with zero attached hydrogens (tertiary/aromatic N) is 2. The molecule has 2 aromatic rings. The van der Waals surface area contributed by atoms with Crippen molar-refractivity contribution in [2.45, 2.75) is 27.0 Å². The number of hydrogen-bond acceptors (Lipinski definition) is 5. The van der Waals surface area contributed by atoms with Crippen LogP contribution in [-0.2, 0) is 13.2 Å². The van der Waals surface area contributed by atoms with Crippen molar-refractivity contribution >= 4 is 11.3 Å². The van der Waals surface area contributed by atoms with Crippen LogP contribution in [0, 0.1) is 6.92 Å². The molecule has 0 amide bonds. The molecule has 18 heavy (non-hydrogen) atoms. The summed E-state index contributed by atoms with van der Waals surface area (Å²) in [6.07, 6.45) is 1.79. The van der Waals surface area contributed by atoms with Gasteiger partial charge in [-0.1, -0.05) is 6.92 Å². The number of nitrogens with one attached hydrogen (secondary N) is 1. The smallest absolute Gasteiger partial charge is 0.142 e. The van der Waals surface area contributed by atoms with Crippen LogP contribution in [0.1, 0.15) is 23.3 Å². The second-order valence-corrected chi connectivity index (χ2v) is 4.87. The van der Waals surface area contributed by atoms with Gasteiger partial charge in [-0.15, -0.1) is 11.3 Å². The van der Waals surface area contributed by atoms with Gasteiger partial charge >= 0.3 is 0 Å². The van der Waals surface area contributed by atoms with E-state index in [4.69, 9.17) is 4.74 Å². The van der Waals surface area contributed by atoms with Gasteiger partial charge in [0.25, 0.3) is 0 Å². The van der Waals surface area contributed by atoms with Crippen LogP contribution in [0.25, 0.3) is 0 Å². The van der Waals surface area contributed by atoms with Crippen LogP contribution >= 0.6 is 11.3 Å². The summed E-state index contributed by atoms with van der Waals surface area (Å²) in [4.78, 5) is 8.70. The van der Waals surface area contributed by atoms with E-state index in [9.17, 15) is 0 Å². The number of aromatic nitrogens is 2. The lowest BCUT2D eigenvalue weighted by molar-refractivity contribution is 0.299. The van der Waals surface area contributed by atoms with Crippen molar-refractivity contribution in [1.29, 1.82) is 0 Å². The van der Waals surface area contributed by atoms with Crippen molar-refractivity contribution < 1.29 is 4.74 Å². The molecule has 2 rings (SSSR count). The molecule has 4 nitrogen and oxygen atoms in total. The Labute approximate surface area is 111 Å². The van der Waals surface area contributed by atoms with Gasteiger partial charge in [0.2, 0.25) is 0 Å². The summed E-state index contributed by atoms with van der Waals surface area (Å²) < 4.78 is 5.78. The van der Waals surface area contributed by atoms with Gasteiger partial charge in [-0.3, -0.25) is 4.98 Å². The van der Waals surface area contributed by atoms with E-state index in [2.05, 4.69) is 22.2 Å². The molecule has 0 saturated carbocycles. The molecule has 0 aliphatic rings. The maximum Gasteiger partial charge on any atom is 0.142 e. The molecular weight excluding hydrogens is 246 g/mol. The van der Waals surface area contributed by atoms with E-state index in [0.717, 1.165) is 35.2 Å². The maximum atomic E-state index is 5.78. The van der Waals surface area contributed by atoms with E-state index in [1.54, 1.807) is 17.5 Å². The fourth-order valence-electron chi connectivity index (χ4n) is 1.56. The molecule has 0 saturated heterocycles. The third kappa shape index (κ3) is 3.51. The Balaban J connectivity index is 2.05. The van der Waals surface area contributed by atoms with Crippen molar-refractivity contribution in [3.8, 4) is 5.75 Å². The van der Waals surface area contributed by atoms with Gasteiger partial charge in [-0.05, 0) is 25.6 Å². The lowest BCUT2D eigenvalue weighted by Crippen LogP contribution is -2.14. The average Bonchev–Trinajstić information content (AvgIpc) is 2.88. The standard InChI is InChI=1S/C13H17N3OS/c1-3-14-8-11-12(5-4-10(2)16-11)17-9-13-15-6-7-18-13/h4-7,14H,3,8-9H2,1-2H3. The van der Waals surface area contributed by atoms with Crippen LogP contribution in [0.15, 0.2) is 23.7 Å². The Morgan fingerprint density at radius 1 is 1.39 bits per heavy atom. The number of rotatable bonds is 6. The molecular formula is C13H17N3OS. The van der Waals surface area contributed by atoms with Crippen LogP contribution in [0.3, 0.4) is 0 Å². The number of ether oxygens (including phenoxy) is 1. The van der Waals surface area contributed by atoms with Crippen molar-refractivity contribution in [3.63, 3.8) is 0 Å². The first-order valence-electron chi connectivity index (χ1n) is 5.98. The predicted molar refractivity (Wildman–Crippen MR) is 72.8 cm³/mol. The van der Waals surface area contributed by atoms with Crippen molar-refractivity contribution in [2.24, 2.45) is 0 Å². The third-order valence-corrected chi connectivity index (χ3v) is 3.20. The van der Waals surface area contributed by atoms with Crippen LogP contribution in [-0.4, -0.2) is 16.5 Å². The molecule has 0 fully saturated rings. The van der Waals surface area contributed by atoms with Gasteiger partial charge in [0.15, 0.2) is 0 Å². The topological polar surface area (TPSA) is 47.0 Å². The molecule has 0 spiro atoms. The molecule has 0 radical (unpaired) electrons. The number of aryl methyl sites for hydroxylation is 1. The van der Waals surface area contributed by atoms with E-state index in [1.807, 2.05) is 24.4 Å². The minimum atomic E-state index is 0.502. The lowest BCUT2D eigenvalue weighted by atomic mass is 10.3. The second-order valence-electron chi connectivity index (χ2n) is 3.89. The first-order chi connectivity index (χ1) is 8.79. The molecule has 1 N–H and O–H groups in total. The molecule has 0 bridgehead atoms. The molecule has 96 valence electrons. The van der Waals surface area contributed by atoms with Crippen LogP contribution in [0.2, 0.25) is 0 Å².